The number of sulfonamides is 1. The van der Waals surface area contributed by atoms with Crippen LogP contribution in [0, 0.1) is 0 Å². The van der Waals surface area contributed by atoms with Crippen molar-refractivity contribution >= 4 is 33.2 Å². The number of amides is 1. The predicted molar refractivity (Wildman–Crippen MR) is 114 cm³/mol. The lowest BCUT2D eigenvalue weighted by atomic mass is 10.1. The van der Waals surface area contributed by atoms with Crippen LogP contribution in [0.2, 0.25) is 5.02 Å². The molecule has 0 unspecified atom stereocenters. The molecule has 0 heterocycles. The smallest absolute Gasteiger partial charge is 0.244 e. The summed E-state index contributed by atoms with van der Waals surface area (Å²) < 4.78 is 36.4. The number of nitrogens with one attached hydrogen (secondary N) is 1. The second kappa shape index (κ2) is 9.37. The monoisotopic (exact) mass is 440 g/mol. The van der Waals surface area contributed by atoms with E-state index < -0.39 is 28.0 Å². The summed E-state index contributed by atoms with van der Waals surface area (Å²) in [6.45, 7) is 3.31. The van der Waals surface area contributed by atoms with E-state index in [0.717, 1.165) is 10.6 Å². The van der Waals surface area contributed by atoms with E-state index >= 15 is 0 Å². The molecule has 2 aromatic carbocycles. The van der Waals surface area contributed by atoms with Crippen LogP contribution in [0.1, 0.15) is 25.5 Å². The van der Waals surface area contributed by atoms with Gasteiger partial charge in [0.15, 0.2) is 0 Å². The third-order valence-corrected chi connectivity index (χ3v) is 5.93. The minimum absolute atomic E-state index is 0.353. The standard InChI is InChI=1S/C20H25ClN2O5S/c1-13(18-12-17(27-3)10-11-19(18)28-4)22-20(24)14(2)23(29(5,25)26)16-8-6-15(21)7-9-16/h6-14H,1-5H3,(H,22,24)/t13-,14+/m0/s1. The van der Waals surface area contributed by atoms with E-state index in [1.807, 2.05) is 0 Å². The van der Waals surface area contributed by atoms with Gasteiger partial charge in [-0.3, -0.25) is 9.10 Å². The fraction of sp³-hybridized carbons (Fsp3) is 0.350. The lowest BCUT2D eigenvalue weighted by molar-refractivity contribution is -0.122. The fourth-order valence-corrected chi connectivity index (χ4v) is 4.29. The number of ether oxygens (including phenoxy) is 2. The van der Waals surface area contributed by atoms with E-state index in [1.165, 1.54) is 14.0 Å². The third kappa shape index (κ3) is 5.55. The highest BCUT2D eigenvalue weighted by molar-refractivity contribution is 7.92. The molecule has 9 heteroatoms. The summed E-state index contributed by atoms with van der Waals surface area (Å²) in [5, 5.41) is 3.32. The van der Waals surface area contributed by atoms with Crippen molar-refractivity contribution in [3.63, 3.8) is 0 Å². The first-order valence-corrected chi connectivity index (χ1v) is 11.1. The Balaban J connectivity index is 2.29. The van der Waals surface area contributed by atoms with Crippen molar-refractivity contribution in [1.29, 1.82) is 0 Å². The maximum Gasteiger partial charge on any atom is 0.244 e. The fourth-order valence-electron chi connectivity index (χ4n) is 2.99. The van der Waals surface area contributed by atoms with Gasteiger partial charge in [0.05, 0.1) is 32.2 Å². The number of rotatable bonds is 8. The van der Waals surface area contributed by atoms with E-state index in [2.05, 4.69) is 5.32 Å². The van der Waals surface area contributed by atoms with Gasteiger partial charge >= 0.3 is 0 Å². The summed E-state index contributed by atoms with van der Waals surface area (Å²) in [4.78, 5) is 12.9. The predicted octanol–water partition coefficient (Wildman–Crippen LogP) is 3.39. The Labute approximate surface area is 176 Å². The summed E-state index contributed by atoms with van der Waals surface area (Å²) >= 11 is 5.89. The SMILES string of the molecule is COc1ccc(OC)c([C@H](C)NC(=O)[C@@H](C)N(c2ccc(Cl)cc2)S(C)(=O)=O)c1. The summed E-state index contributed by atoms with van der Waals surface area (Å²) in [5.41, 5.74) is 1.07. The molecule has 1 amide bonds. The van der Waals surface area contributed by atoms with Gasteiger partial charge in [0.25, 0.3) is 0 Å². The summed E-state index contributed by atoms with van der Waals surface area (Å²) in [7, 11) is -0.630. The first kappa shape index (κ1) is 22.8. The van der Waals surface area contributed by atoms with Gasteiger partial charge in [0.2, 0.25) is 15.9 Å². The molecule has 0 radical (unpaired) electrons. The van der Waals surface area contributed by atoms with Crippen molar-refractivity contribution in [2.45, 2.75) is 25.9 Å². The van der Waals surface area contributed by atoms with E-state index in [1.54, 1.807) is 56.5 Å². The van der Waals surface area contributed by atoms with Gasteiger partial charge in [0.1, 0.15) is 17.5 Å². The molecule has 0 bridgehead atoms. The molecule has 2 atom stereocenters. The minimum atomic E-state index is -3.71. The minimum Gasteiger partial charge on any atom is -0.497 e. The van der Waals surface area contributed by atoms with Crippen LogP contribution in [0.25, 0.3) is 0 Å². The number of methoxy groups -OCH3 is 2. The molecule has 29 heavy (non-hydrogen) atoms. The van der Waals surface area contributed by atoms with E-state index in [9.17, 15) is 13.2 Å². The van der Waals surface area contributed by atoms with Crippen LogP contribution in [0.4, 0.5) is 5.69 Å². The van der Waals surface area contributed by atoms with Crippen LogP contribution in [0.5, 0.6) is 11.5 Å². The summed E-state index contributed by atoms with van der Waals surface area (Å²) in [6, 6.07) is 10.1. The highest BCUT2D eigenvalue weighted by Gasteiger charge is 2.30. The van der Waals surface area contributed by atoms with Crippen molar-refractivity contribution in [1.82, 2.24) is 5.32 Å². The van der Waals surface area contributed by atoms with Gasteiger partial charge in [-0.2, -0.15) is 0 Å². The molecule has 2 aromatic rings. The molecule has 0 fully saturated rings. The molecule has 158 valence electrons. The number of nitrogens with zero attached hydrogens (tertiary/aromatic N) is 1. The number of halogens is 1. The van der Waals surface area contributed by atoms with Gasteiger partial charge in [-0.15, -0.1) is 0 Å². The van der Waals surface area contributed by atoms with Gasteiger partial charge in [-0.25, -0.2) is 8.42 Å². The van der Waals surface area contributed by atoms with E-state index in [-0.39, 0.29) is 0 Å². The Kier molecular flexibility index (Phi) is 7.37. The van der Waals surface area contributed by atoms with Gasteiger partial charge in [0, 0.05) is 10.6 Å². The second-order valence-corrected chi connectivity index (χ2v) is 8.85. The van der Waals surface area contributed by atoms with Gasteiger partial charge in [-0.05, 0) is 56.3 Å². The molecule has 0 aliphatic rings. The zero-order valence-electron chi connectivity index (χ0n) is 17.0. The van der Waals surface area contributed by atoms with Crippen molar-refractivity contribution < 1.29 is 22.7 Å². The Morgan fingerprint density at radius 3 is 2.21 bits per heavy atom. The number of carbonyl (C=O) groups excluding carboxylic acids is 1. The number of carbonyl (C=O) groups is 1. The third-order valence-electron chi connectivity index (χ3n) is 4.43. The second-order valence-electron chi connectivity index (χ2n) is 6.55. The molecule has 1 N–H and O–H groups in total. The summed E-state index contributed by atoms with van der Waals surface area (Å²) in [6.07, 6.45) is 1.06. The summed E-state index contributed by atoms with van der Waals surface area (Å²) in [5.74, 6) is 0.751. The lowest BCUT2D eigenvalue weighted by Crippen LogP contribution is -2.48. The molecule has 0 aliphatic heterocycles. The topological polar surface area (TPSA) is 84.9 Å². The molecule has 0 saturated carbocycles. The van der Waals surface area contributed by atoms with Gasteiger partial charge < -0.3 is 14.8 Å². The van der Waals surface area contributed by atoms with Crippen LogP contribution in [0.15, 0.2) is 42.5 Å². The Hall–Kier alpha value is -2.45. The quantitative estimate of drug-likeness (QED) is 0.680. The van der Waals surface area contributed by atoms with Crippen LogP contribution < -0.4 is 19.1 Å². The van der Waals surface area contributed by atoms with Crippen LogP contribution in [-0.4, -0.2) is 40.8 Å². The first-order valence-electron chi connectivity index (χ1n) is 8.85. The van der Waals surface area contributed by atoms with Crippen molar-refractivity contribution in [2.24, 2.45) is 0 Å². The molecule has 2 rings (SSSR count). The molecule has 0 aromatic heterocycles. The van der Waals surface area contributed by atoms with Crippen LogP contribution in [-0.2, 0) is 14.8 Å². The van der Waals surface area contributed by atoms with Crippen LogP contribution in [0.3, 0.4) is 0 Å². The van der Waals surface area contributed by atoms with Crippen molar-refractivity contribution in [3.05, 3.63) is 53.1 Å². The Morgan fingerprint density at radius 1 is 1.07 bits per heavy atom. The lowest BCUT2D eigenvalue weighted by Gasteiger charge is -2.29. The van der Waals surface area contributed by atoms with Crippen LogP contribution >= 0.6 is 11.6 Å². The van der Waals surface area contributed by atoms with Crippen molar-refractivity contribution in [3.8, 4) is 11.5 Å². The molecular weight excluding hydrogens is 416 g/mol. The molecule has 0 saturated heterocycles. The zero-order valence-corrected chi connectivity index (χ0v) is 18.5. The normalized spacial score (nSPS) is 13.3. The highest BCUT2D eigenvalue weighted by atomic mass is 35.5. The van der Waals surface area contributed by atoms with Crippen molar-refractivity contribution in [2.75, 3.05) is 24.8 Å². The van der Waals surface area contributed by atoms with Gasteiger partial charge in [-0.1, -0.05) is 11.6 Å². The first-order chi connectivity index (χ1) is 13.6. The van der Waals surface area contributed by atoms with E-state index in [0.29, 0.717) is 27.8 Å². The number of benzene rings is 2. The maximum absolute atomic E-state index is 12.9. The number of anilines is 1. The maximum atomic E-state index is 12.9. The molecular formula is C20H25ClN2O5S. The molecule has 7 nitrogen and oxygen atoms in total. The zero-order chi connectivity index (χ0) is 21.8. The number of hydrogen-bond donors (Lipinski definition) is 1. The highest BCUT2D eigenvalue weighted by Crippen LogP contribution is 2.30. The number of hydrogen-bond acceptors (Lipinski definition) is 5. The Bertz CT molecular complexity index is 963. The van der Waals surface area contributed by atoms with E-state index in [4.69, 9.17) is 21.1 Å². The largest absolute Gasteiger partial charge is 0.497 e. The Morgan fingerprint density at radius 2 is 1.69 bits per heavy atom. The molecule has 0 aliphatic carbocycles. The molecule has 0 spiro atoms. The average molecular weight is 441 g/mol. The average Bonchev–Trinajstić information content (AvgIpc) is 2.67.